The van der Waals surface area contributed by atoms with Crippen LogP contribution in [0.1, 0.15) is 10.4 Å². The highest BCUT2D eigenvalue weighted by molar-refractivity contribution is 5.99. The van der Waals surface area contributed by atoms with Crippen molar-refractivity contribution in [2.75, 3.05) is 50.1 Å². The number of carbonyl (C=O) groups excluding carboxylic acids is 2. The van der Waals surface area contributed by atoms with Crippen molar-refractivity contribution >= 4 is 23.2 Å². The molecule has 3 rings (SSSR count). The van der Waals surface area contributed by atoms with Gasteiger partial charge in [0.1, 0.15) is 5.82 Å². The zero-order chi connectivity index (χ0) is 19.2. The van der Waals surface area contributed by atoms with Crippen LogP contribution >= 0.6 is 0 Å². The highest BCUT2D eigenvalue weighted by Gasteiger charge is 2.16. The van der Waals surface area contributed by atoms with Crippen molar-refractivity contribution in [2.24, 2.45) is 0 Å². The molecule has 2 aromatic carbocycles. The number of nitrogens with zero attached hydrogens (tertiary/aromatic N) is 2. The normalized spacial score (nSPS) is 13.9. The molecule has 0 unspecified atom stereocenters. The first-order valence-corrected chi connectivity index (χ1v) is 8.76. The second-order valence-electron chi connectivity index (χ2n) is 6.37. The molecule has 1 N–H and O–H groups in total. The molecule has 0 aliphatic carbocycles. The van der Waals surface area contributed by atoms with Gasteiger partial charge in [0.15, 0.2) is 0 Å². The van der Waals surface area contributed by atoms with Crippen LogP contribution in [0.15, 0.2) is 48.5 Å². The molecule has 0 radical (unpaired) electrons. The molecule has 0 atom stereocenters. The van der Waals surface area contributed by atoms with Crippen LogP contribution in [-0.4, -0.2) is 56.6 Å². The fraction of sp³-hybridized carbons (Fsp3) is 0.300. The number of rotatable bonds is 5. The van der Waals surface area contributed by atoms with Gasteiger partial charge < -0.3 is 19.9 Å². The Hall–Kier alpha value is -2.93. The lowest BCUT2D eigenvalue weighted by atomic mass is 10.2. The van der Waals surface area contributed by atoms with Crippen LogP contribution in [0.25, 0.3) is 0 Å². The monoisotopic (exact) mass is 371 g/mol. The van der Waals surface area contributed by atoms with E-state index in [4.69, 9.17) is 4.74 Å². The molecule has 1 fully saturated rings. The Morgan fingerprint density at radius 3 is 2.52 bits per heavy atom. The van der Waals surface area contributed by atoms with E-state index >= 15 is 0 Å². The van der Waals surface area contributed by atoms with Gasteiger partial charge in [0, 0.05) is 37.1 Å². The first-order chi connectivity index (χ1) is 13.0. The summed E-state index contributed by atoms with van der Waals surface area (Å²) in [6, 6.07) is 13.0. The zero-order valence-electron chi connectivity index (χ0n) is 15.2. The van der Waals surface area contributed by atoms with Crippen LogP contribution in [0.5, 0.6) is 0 Å². The predicted molar refractivity (Wildman–Crippen MR) is 101 cm³/mol. The van der Waals surface area contributed by atoms with Gasteiger partial charge in [-0.05, 0) is 42.5 Å². The minimum Gasteiger partial charge on any atom is -0.378 e. The van der Waals surface area contributed by atoms with Crippen molar-refractivity contribution in [3.63, 3.8) is 0 Å². The summed E-state index contributed by atoms with van der Waals surface area (Å²) < 4.78 is 18.6. The first kappa shape index (κ1) is 18.8. The summed E-state index contributed by atoms with van der Waals surface area (Å²) in [7, 11) is 1.51. The van der Waals surface area contributed by atoms with Crippen LogP contribution in [-0.2, 0) is 9.53 Å². The van der Waals surface area contributed by atoms with E-state index in [1.165, 1.54) is 30.1 Å². The number of hydrogen-bond donors (Lipinski definition) is 1. The zero-order valence-corrected chi connectivity index (χ0v) is 15.2. The van der Waals surface area contributed by atoms with E-state index in [1.807, 2.05) is 24.3 Å². The predicted octanol–water partition coefficient (Wildman–Crippen LogP) is 2.37. The number of halogens is 1. The number of hydrogen-bond acceptors (Lipinski definition) is 4. The second kappa shape index (κ2) is 8.64. The Labute approximate surface area is 157 Å². The van der Waals surface area contributed by atoms with Crippen LogP contribution in [0.4, 0.5) is 15.8 Å². The molecule has 2 amide bonds. The van der Waals surface area contributed by atoms with E-state index in [1.54, 1.807) is 0 Å². The number of likely N-dealkylation sites (N-methyl/N-ethyl adjacent to an activating group) is 1. The van der Waals surface area contributed by atoms with E-state index in [-0.39, 0.29) is 18.0 Å². The molecule has 2 aromatic rings. The van der Waals surface area contributed by atoms with Gasteiger partial charge in [-0.3, -0.25) is 9.59 Å². The lowest BCUT2D eigenvalue weighted by Gasteiger charge is -2.28. The van der Waals surface area contributed by atoms with Gasteiger partial charge in [0.05, 0.1) is 19.8 Å². The molecule has 1 saturated heterocycles. The molecule has 0 saturated carbocycles. The van der Waals surface area contributed by atoms with Crippen molar-refractivity contribution in [1.82, 2.24) is 4.90 Å². The SMILES string of the molecule is CN(CC(=O)Nc1ccc(N2CCOCC2)cc1)C(=O)c1cccc(F)c1. The van der Waals surface area contributed by atoms with Crippen LogP contribution in [0, 0.1) is 5.82 Å². The topological polar surface area (TPSA) is 61.9 Å². The number of carbonyl (C=O) groups is 2. The fourth-order valence-electron chi connectivity index (χ4n) is 2.91. The molecule has 0 aromatic heterocycles. The van der Waals surface area contributed by atoms with E-state index in [2.05, 4.69) is 10.2 Å². The third-order valence-electron chi connectivity index (χ3n) is 4.33. The lowest BCUT2D eigenvalue weighted by Crippen LogP contribution is -2.36. The molecule has 0 bridgehead atoms. The largest absolute Gasteiger partial charge is 0.378 e. The number of anilines is 2. The van der Waals surface area contributed by atoms with Crippen molar-refractivity contribution in [3.8, 4) is 0 Å². The summed E-state index contributed by atoms with van der Waals surface area (Å²) in [6.45, 7) is 2.99. The smallest absolute Gasteiger partial charge is 0.254 e. The molecule has 6 nitrogen and oxygen atoms in total. The summed E-state index contributed by atoms with van der Waals surface area (Å²) >= 11 is 0. The Balaban J connectivity index is 1.54. The van der Waals surface area contributed by atoms with E-state index in [9.17, 15) is 14.0 Å². The minimum absolute atomic E-state index is 0.124. The Morgan fingerprint density at radius 1 is 1.15 bits per heavy atom. The molecule has 0 spiro atoms. The minimum atomic E-state index is -0.487. The standard InChI is InChI=1S/C20H22FN3O3/c1-23(20(26)15-3-2-4-16(21)13-15)14-19(25)22-17-5-7-18(8-6-17)24-9-11-27-12-10-24/h2-8,13H,9-12,14H2,1H3,(H,22,25). The molecule has 1 aliphatic heterocycles. The van der Waals surface area contributed by atoms with Gasteiger partial charge in [0.2, 0.25) is 5.91 Å². The summed E-state index contributed by atoms with van der Waals surface area (Å²) in [4.78, 5) is 28.0. The van der Waals surface area contributed by atoms with Gasteiger partial charge in [-0.25, -0.2) is 4.39 Å². The van der Waals surface area contributed by atoms with E-state index < -0.39 is 11.7 Å². The van der Waals surface area contributed by atoms with Gasteiger partial charge in [0.25, 0.3) is 5.91 Å². The quantitative estimate of drug-likeness (QED) is 0.877. The highest BCUT2D eigenvalue weighted by Crippen LogP contribution is 2.19. The number of nitrogens with one attached hydrogen (secondary N) is 1. The third-order valence-corrected chi connectivity index (χ3v) is 4.33. The maximum atomic E-state index is 13.2. The number of morpholine rings is 1. The summed E-state index contributed by atoms with van der Waals surface area (Å²) in [6.07, 6.45) is 0. The Bertz CT molecular complexity index is 804. The average molecular weight is 371 g/mol. The number of ether oxygens (including phenoxy) is 1. The van der Waals surface area contributed by atoms with Gasteiger partial charge in [-0.2, -0.15) is 0 Å². The third kappa shape index (κ3) is 5.04. The number of benzene rings is 2. The van der Waals surface area contributed by atoms with Gasteiger partial charge in [-0.15, -0.1) is 0 Å². The van der Waals surface area contributed by atoms with Crippen LogP contribution in [0.2, 0.25) is 0 Å². The summed E-state index contributed by atoms with van der Waals surface area (Å²) in [5.41, 5.74) is 1.94. The molecule has 1 aliphatic rings. The Morgan fingerprint density at radius 2 is 1.85 bits per heavy atom. The summed E-state index contributed by atoms with van der Waals surface area (Å²) in [5, 5.41) is 2.77. The maximum absolute atomic E-state index is 13.2. The lowest BCUT2D eigenvalue weighted by molar-refractivity contribution is -0.116. The molecule has 1 heterocycles. The highest BCUT2D eigenvalue weighted by atomic mass is 19.1. The molecular formula is C20H22FN3O3. The van der Waals surface area contributed by atoms with Crippen molar-refractivity contribution in [1.29, 1.82) is 0 Å². The average Bonchev–Trinajstić information content (AvgIpc) is 2.68. The fourth-order valence-corrected chi connectivity index (χ4v) is 2.91. The van der Waals surface area contributed by atoms with Gasteiger partial charge >= 0.3 is 0 Å². The van der Waals surface area contributed by atoms with Crippen molar-refractivity contribution in [3.05, 3.63) is 59.9 Å². The van der Waals surface area contributed by atoms with Crippen molar-refractivity contribution < 1.29 is 18.7 Å². The molecular weight excluding hydrogens is 349 g/mol. The summed E-state index contributed by atoms with van der Waals surface area (Å²) in [5.74, 6) is -1.22. The van der Waals surface area contributed by atoms with Crippen LogP contribution in [0.3, 0.4) is 0 Å². The maximum Gasteiger partial charge on any atom is 0.254 e. The van der Waals surface area contributed by atoms with Gasteiger partial charge in [-0.1, -0.05) is 6.07 Å². The van der Waals surface area contributed by atoms with E-state index in [0.717, 1.165) is 24.8 Å². The van der Waals surface area contributed by atoms with E-state index in [0.29, 0.717) is 18.9 Å². The molecule has 27 heavy (non-hydrogen) atoms. The number of amides is 2. The van der Waals surface area contributed by atoms with Crippen molar-refractivity contribution in [2.45, 2.75) is 0 Å². The first-order valence-electron chi connectivity index (χ1n) is 8.76. The Kier molecular flexibility index (Phi) is 6.03. The van der Waals surface area contributed by atoms with Crippen LogP contribution < -0.4 is 10.2 Å². The molecule has 142 valence electrons. The second-order valence-corrected chi connectivity index (χ2v) is 6.37. The molecule has 7 heteroatoms.